The fourth-order valence-corrected chi connectivity index (χ4v) is 4.46. The summed E-state index contributed by atoms with van der Waals surface area (Å²) in [7, 11) is 1.99. The minimum absolute atomic E-state index is 0.133. The van der Waals surface area contributed by atoms with E-state index in [1.165, 1.54) is 0 Å². The highest BCUT2D eigenvalue weighted by Gasteiger charge is 2.58. The molecular formula is C16H21NO4. The molecular weight excluding hydrogens is 270 g/mol. The summed E-state index contributed by atoms with van der Waals surface area (Å²) in [6, 6.07) is 3.60. The van der Waals surface area contributed by atoms with Crippen LogP contribution in [0.25, 0.3) is 0 Å². The van der Waals surface area contributed by atoms with E-state index in [9.17, 15) is 15.3 Å². The van der Waals surface area contributed by atoms with Crippen molar-refractivity contribution in [2.45, 2.75) is 49.5 Å². The van der Waals surface area contributed by atoms with Crippen LogP contribution in [0.2, 0.25) is 0 Å². The Morgan fingerprint density at radius 2 is 2.14 bits per heavy atom. The number of aliphatic hydroxyl groups excluding tert-OH is 2. The summed E-state index contributed by atoms with van der Waals surface area (Å²) in [6.07, 6.45) is 0.656. The summed E-state index contributed by atoms with van der Waals surface area (Å²) in [5, 5.41) is 31.0. The summed E-state index contributed by atoms with van der Waals surface area (Å²) in [5.41, 5.74) is 1.59. The average Bonchev–Trinajstić information content (AvgIpc) is 2.73. The second kappa shape index (κ2) is 4.35. The van der Waals surface area contributed by atoms with Crippen molar-refractivity contribution >= 4 is 0 Å². The molecule has 114 valence electrons. The van der Waals surface area contributed by atoms with Gasteiger partial charge in [0.15, 0.2) is 11.5 Å². The Morgan fingerprint density at radius 1 is 1.33 bits per heavy atom. The average molecular weight is 291 g/mol. The van der Waals surface area contributed by atoms with E-state index < -0.39 is 17.6 Å². The molecule has 4 rings (SSSR count). The van der Waals surface area contributed by atoms with Gasteiger partial charge in [0, 0.05) is 25.1 Å². The Balaban J connectivity index is 1.95. The molecule has 0 radical (unpaired) electrons. The Hall–Kier alpha value is -1.30. The van der Waals surface area contributed by atoms with Crippen LogP contribution in [-0.4, -0.2) is 52.1 Å². The van der Waals surface area contributed by atoms with Gasteiger partial charge in [-0.05, 0) is 31.5 Å². The predicted octanol–water partition coefficient (Wildman–Crippen LogP) is 0.742. The predicted molar refractivity (Wildman–Crippen MR) is 76.4 cm³/mol. The molecule has 5 heteroatoms. The number of phenolic OH excluding ortho intramolecular Hbond substituents is 1. The summed E-state index contributed by atoms with van der Waals surface area (Å²) in [4.78, 5) is 2.10. The first kappa shape index (κ1) is 13.4. The SMILES string of the molecule is CN1Cc2ccc(O)c3c2[C@@]2(CC[C@H](O)C[C@@H]2O3)[C@@H](O)C1. The molecule has 1 fully saturated rings. The van der Waals surface area contributed by atoms with Crippen LogP contribution >= 0.6 is 0 Å². The van der Waals surface area contributed by atoms with Crippen molar-refractivity contribution in [1.29, 1.82) is 0 Å². The number of β-amino-alcohol motifs (C(OH)–C–C–N with tert-alkyl or cyclic N) is 1. The molecule has 21 heavy (non-hydrogen) atoms. The molecule has 0 bridgehead atoms. The number of likely N-dealkylation sites (N-methyl/N-ethyl adjacent to an activating group) is 1. The van der Waals surface area contributed by atoms with Gasteiger partial charge in [-0.15, -0.1) is 0 Å². The monoisotopic (exact) mass is 291 g/mol. The first-order valence-corrected chi connectivity index (χ1v) is 7.59. The van der Waals surface area contributed by atoms with Crippen LogP contribution in [-0.2, 0) is 12.0 Å². The standard InChI is InChI=1S/C16H21NO4/c1-17-7-9-2-3-11(19)15-14(9)16(12(20)8-17)5-4-10(18)6-13(16)21-15/h2-3,10,12-13,18-20H,4-8H2,1H3/t10-,12-,13-,16-/m0/s1. The number of phenols is 1. The molecule has 0 aromatic heterocycles. The van der Waals surface area contributed by atoms with Gasteiger partial charge in [0.05, 0.1) is 17.6 Å². The molecule has 0 amide bonds. The van der Waals surface area contributed by atoms with Crippen molar-refractivity contribution in [2.24, 2.45) is 0 Å². The third-order valence-electron chi connectivity index (χ3n) is 5.42. The van der Waals surface area contributed by atoms with Gasteiger partial charge < -0.3 is 20.1 Å². The van der Waals surface area contributed by atoms with Crippen molar-refractivity contribution in [3.63, 3.8) is 0 Å². The smallest absolute Gasteiger partial charge is 0.165 e. The summed E-state index contributed by atoms with van der Waals surface area (Å²) >= 11 is 0. The van der Waals surface area contributed by atoms with Crippen molar-refractivity contribution in [3.8, 4) is 11.5 Å². The van der Waals surface area contributed by atoms with Crippen LogP contribution in [0.4, 0.5) is 0 Å². The Bertz CT molecular complexity index is 590. The van der Waals surface area contributed by atoms with Gasteiger partial charge in [0.2, 0.25) is 0 Å². The molecule has 0 unspecified atom stereocenters. The maximum absolute atomic E-state index is 10.9. The molecule has 1 spiro atoms. The number of hydrogen-bond donors (Lipinski definition) is 3. The van der Waals surface area contributed by atoms with E-state index in [2.05, 4.69) is 4.90 Å². The second-order valence-electron chi connectivity index (χ2n) is 6.74. The Labute approximate surface area is 123 Å². The summed E-state index contributed by atoms with van der Waals surface area (Å²) in [6.45, 7) is 1.31. The van der Waals surface area contributed by atoms with E-state index in [-0.39, 0.29) is 11.9 Å². The third-order valence-corrected chi connectivity index (χ3v) is 5.42. The van der Waals surface area contributed by atoms with Crippen LogP contribution in [0.5, 0.6) is 11.5 Å². The highest BCUT2D eigenvalue weighted by Crippen LogP contribution is 2.57. The van der Waals surface area contributed by atoms with Crippen molar-refractivity contribution < 1.29 is 20.1 Å². The zero-order chi connectivity index (χ0) is 14.8. The zero-order valence-corrected chi connectivity index (χ0v) is 12.1. The molecule has 1 saturated carbocycles. The molecule has 5 nitrogen and oxygen atoms in total. The number of rotatable bonds is 0. The van der Waals surface area contributed by atoms with Gasteiger partial charge in [-0.3, -0.25) is 4.90 Å². The molecule has 2 aliphatic heterocycles. The number of nitrogens with zero attached hydrogens (tertiary/aromatic N) is 1. The number of aliphatic hydroxyl groups is 2. The van der Waals surface area contributed by atoms with E-state index in [0.29, 0.717) is 31.6 Å². The van der Waals surface area contributed by atoms with Crippen molar-refractivity contribution in [3.05, 3.63) is 23.3 Å². The molecule has 3 aliphatic rings. The molecule has 1 aromatic carbocycles. The van der Waals surface area contributed by atoms with Gasteiger partial charge in [-0.25, -0.2) is 0 Å². The molecule has 1 aliphatic carbocycles. The lowest BCUT2D eigenvalue weighted by Crippen LogP contribution is -2.54. The largest absolute Gasteiger partial charge is 0.504 e. The van der Waals surface area contributed by atoms with Gasteiger partial charge >= 0.3 is 0 Å². The fourth-order valence-electron chi connectivity index (χ4n) is 4.46. The molecule has 4 atom stereocenters. The van der Waals surface area contributed by atoms with E-state index in [1.807, 2.05) is 13.1 Å². The molecule has 3 N–H and O–H groups in total. The maximum atomic E-state index is 10.9. The quantitative estimate of drug-likeness (QED) is 0.657. The normalized spacial score (nSPS) is 38.3. The van der Waals surface area contributed by atoms with E-state index in [1.54, 1.807) is 6.07 Å². The summed E-state index contributed by atoms with van der Waals surface area (Å²) in [5.74, 6) is 0.648. The zero-order valence-electron chi connectivity index (χ0n) is 12.1. The van der Waals surface area contributed by atoms with Crippen molar-refractivity contribution in [1.82, 2.24) is 4.90 Å². The first-order valence-electron chi connectivity index (χ1n) is 7.59. The lowest BCUT2D eigenvalue weighted by molar-refractivity contribution is -0.0478. The maximum Gasteiger partial charge on any atom is 0.165 e. The molecule has 1 aromatic rings. The second-order valence-corrected chi connectivity index (χ2v) is 6.74. The number of benzene rings is 1. The summed E-state index contributed by atoms with van der Waals surface area (Å²) < 4.78 is 6.00. The van der Waals surface area contributed by atoms with Crippen LogP contribution in [0, 0.1) is 0 Å². The van der Waals surface area contributed by atoms with Gasteiger partial charge in [0.25, 0.3) is 0 Å². The van der Waals surface area contributed by atoms with Gasteiger partial charge in [-0.2, -0.15) is 0 Å². The number of aromatic hydroxyl groups is 1. The lowest BCUT2D eigenvalue weighted by Gasteiger charge is -2.43. The topological polar surface area (TPSA) is 73.2 Å². The van der Waals surface area contributed by atoms with E-state index in [4.69, 9.17) is 4.74 Å². The van der Waals surface area contributed by atoms with Crippen LogP contribution in [0.3, 0.4) is 0 Å². The number of ether oxygens (including phenoxy) is 1. The highest BCUT2D eigenvalue weighted by molar-refractivity contribution is 5.59. The Morgan fingerprint density at radius 3 is 2.95 bits per heavy atom. The fraction of sp³-hybridized carbons (Fsp3) is 0.625. The Kier molecular flexibility index (Phi) is 2.77. The van der Waals surface area contributed by atoms with Crippen LogP contribution < -0.4 is 4.74 Å². The van der Waals surface area contributed by atoms with Crippen LogP contribution in [0.1, 0.15) is 30.4 Å². The van der Waals surface area contributed by atoms with E-state index >= 15 is 0 Å². The third kappa shape index (κ3) is 1.68. The first-order chi connectivity index (χ1) is 10.0. The highest BCUT2D eigenvalue weighted by atomic mass is 16.5. The van der Waals surface area contributed by atoms with Crippen LogP contribution in [0.15, 0.2) is 12.1 Å². The van der Waals surface area contributed by atoms with E-state index in [0.717, 1.165) is 17.7 Å². The van der Waals surface area contributed by atoms with Crippen molar-refractivity contribution in [2.75, 3.05) is 13.6 Å². The molecule has 2 heterocycles. The number of hydrogen-bond acceptors (Lipinski definition) is 5. The van der Waals surface area contributed by atoms with Gasteiger partial charge in [0.1, 0.15) is 6.10 Å². The lowest BCUT2D eigenvalue weighted by atomic mass is 9.64. The van der Waals surface area contributed by atoms with Gasteiger partial charge in [-0.1, -0.05) is 6.07 Å². The minimum Gasteiger partial charge on any atom is -0.504 e. The minimum atomic E-state index is -0.552. The molecule has 0 saturated heterocycles.